The Morgan fingerprint density at radius 1 is 1.53 bits per heavy atom. The Labute approximate surface area is 121 Å². The van der Waals surface area contributed by atoms with Gasteiger partial charge in [0.15, 0.2) is 0 Å². The summed E-state index contributed by atoms with van der Waals surface area (Å²) in [5.41, 5.74) is 2.55. The van der Waals surface area contributed by atoms with Crippen molar-refractivity contribution in [2.75, 3.05) is 7.11 Å². The number of nitrogens with one attached hydrogen (secondary N) is 1. The van der Waals surface area contributed by atoms with Gasteiger partial charge in [-0.3, -0.25) is 0 Å². The van der Waals surface area contributed by atoms with Gasteiger partial charge in [0.1, 0.15) is 0 Å². The zero-order valence-corrected chi connectivity index (χ0v) is 12.2. The number of hydrogen-bond donors (Lipinski definition) is 1. The Balaban J connectivity index is 1.67. The van der Waals surface area contributed by atoms with Crippen molar-refractivity contribution in [2.45, 2.75) is 25.4 Å². The summed E-state index contributed by atoms with van der Waals surface area (Å²) < 4.78 is 6.02. The molecule has 0 bridgehead atoms. The first kappa shape index (κ1) is 12.9. The van der Waals surface area contributed by atoms with Crippen LogP contribution in [0.1, 0.15) is 28.5 Å². The largest absolute Gasteiger partial charge is 0.481 e. The smallest absolute Gasteiger partial charge is 0.213 e. The quantitative estimate of drug-likeness (QED) is 0.936. The molecule has 1 unspecified atom stereocenters. The Hall–Kier alpha value is -1.10. The SMILES string of the molecule is COc1cc(CNC2CCc3sc(Cl)cc32)ccn1. The van der Waals surface area contributed by atoms with Crippen LogP contribution in [-0.4, -0.2) is 12.1 Å². The maximum atomic E-state index is 6.07. The van der Waals surface area contributed by atoms with Crippen molar-refractivity contribution in [1.29, 1.82) is 0 Å². The van der Waals surface area contributed by atoms with Crippen molar-refractivity contribution < 1.29 is 4.74 Å². The highest BCUT2D eigenvalue weighted by atomic mass is 35.5. The van der Waals surface area contributed by atoms with Crippen LogP contribution < -0.4 is 10.1 Å². The summed E-state index contributed by atoms with van der Waals surface area (Å²) in [4.78, 5) is 5.54. The second-order valence-corrected chi connectivity index (χ2v) is 6.38. The molecule has 0 aromatic carbocycles. The number of ether oxygens (including phenoxy) is 1. The summed E-state index contributed by atoms with van der Waals surface area (Å²) in [6.45, 7) is 0.816. The first-order chi connectivity index (χ1) is 9.26. The molecule has 19 heavy (non-hydrogen) atoms. The molecule has 1 aliphatic rings. The fourth-order valence-corrected chi connectivity index (χ4v) is 3.81. The van der Waals surface area contributed by atoms with Gasteiger partial charge in [0.2, 0.25) is 5.88 Å². The van der Waals surface area contributed by atoms with E-state index in [0.717, 1.165) is 23.7 Å². The first-order valence-electron chi connectivity index (χ1n) is 6.26. The predicted octanol–water partition coefficient (Wildman–Crippen LogP) is 3.58. The number of pyridine rings is 1. The van der Waals surface area contributed by atoms with E-state index in [9.17, 15) is 0 Å². The molecular formula is C14H15ClN2OS. The minimum atomic E-state index is 0.415. The topological polar surface area (TPSA) is 34.1 Å². The maximum absolute atomic E-state index is 6.07. The minimum absolute atomic E-state index is 0.415. The van der Waals surface area contributed by atoms with Crippen molar-refractivity contribution in [3.63, 3.8) is 0 Å². The molecule has 5 heteroatoms. The number of rotatable bonds is 4. The van der Waals surface area contributed by atoms with Crippen molar-refractivity contribution in [3.05, 3.63) is 44.7 Å². The Bertz CT molecular complexity index is 585. The Morgan fingerprint density at radius 2 is 2.42 bits per heavy atom. The van der Waals surface area contributed by atoms with Crippen LogP contribution in [0, 0.1) is 0 Å². The molecule has 0 amide bonds. The lowest BCUT2D eigenvalue weighted by molar-refractivity contribution is 0.396. The third kappa shape index (κ3) is 2.76. The molecule has 100 valence electrons. The van der Waals surface area contributed by atoms with Crippen LogP contribution in [0.4, 0.5) is 0 Å². The van der Waals surface area contributed by atoms with Crippen LogP contribution in [0.15, 0.2) is 24.4 Å². The fourth-order valence-electron chi connectivity index (χ4n) is 2.46. The van der Waals surface area contributed by atoms with Gasteiger partial charge in [-0.15, -0.1) is 11.3 Å². The molecule has 1 aliphatic carbocycles. The zero-order valence-electron chi connectivity index (χ0n) is 10.6. The summed E-state index contributed by atoms with van der Waals surface area (Å²) in [7, 11) is 1.64. The standard InChI is InChI=1S/C14H15ClN2OS/c1-18-14-6-9(4-5-16-14)8-17-11-2-3-12-10(11)7-13(15)19-12/h4-7,11,17H,2-3,8H2,1H3. The van der Waals surface area contributed by atoms with Gasteiger partial charge >= 0.3 is 0 Å². The van der Waals surface area contributed by atoms with E-state index in [1.165, 1.54) is 16.0 Å². The summed E-state index contributed by atoms with van der Waals surface area (Å²) >= 11 is 7.77. The van der Waals surface area contributed by atoms with Crippen LogP contribution >= 0.6 is 22.9 Å². The lowest BCUT2D eigenvalue weighted by Gasteiger charge is -2.13. The average Bonchev–Trinajstić information content (AvgIpc) is 2.96. The van der Waals surface area contributed by atoms with Gasteiger partial charge in [0.05, 0.1) is 11.4 Å². The van der Waals surface area contributed by atoms with E-state index in [2.05, 4.69) is 16.4 Å². The maximum Gasteiger partial charge on any atom is 0.213 e. The molecule has 2 heterocycles. The van der Waals surface area contributed by atoms with Crippen LogP contribution in [0.2, 0.25) is 4.34 Å². The number of nitrogens with zero attached hydrogens (tertiary/aromatic N) is 1. The average molecular weight is 295 g/mol. The van der Waals surface area contributed by atoms with E-state index in [1.54, 1.807) is 24.6 Å². The third-order valence-corrected chi connectivity index (χ3v) is 4.75. The number of hydrogen-bond acceptors (Lipinski definition) is 4. The van der Waals surface area contributed by atoms with Gasteiger partial charge in [-0.25, -0.2) is 4.98 Å². The number of halogens is 1. The van der Waals surface area contributed by atoms with Crippen molar-refractivity contribution in [1.82, 2.24) is 10.3 Å². The van der Waals surface area contributed by atoms with E-state index in [4.69, 9.17) is 16.3 Å². The molecule has 0 radical (unpaired) electrons. The fraction of sp³-hybridized carbons (Fsp3) is 0.357. The number of thiophene rings is 1. The van der Waals surface area contributed by atoms with Gasteiger partial charge in [0, 0.05) is 29.7 Å². The van der Waals surface area contributed by atoms with Gasteiger partial charge in [0.25, 0.3) is 0 Å². The van der Waals surface area contributed by atoms with E-state index in [1.807, 2.05) is 12.1 Å². The normalized spacial score (nSPS) is 17.5. The van der Waals surface area contributed by atoms with Crippen molar-refractivity contribution in [3.8, 4) is 5.88 Å². The number of aryl methyl sites for hydroxylation is 1. The molecule has 0 fully saturated rings. The Morgan fingerprint density at radius 3 is 3.26 bits per heavy atom. The summed E-state index contributed by atoms with van der Waals surface area (Å²) in [6, 6.07) is 6.48. The second-order valence-electron chi connectivity index (χ2n) is 4.61. The molecular weight excluding hydrogens is 280 g/mol. The molecule has 0 spiro atoms. The third-order valence-electron chi connectivity index (χ3n) is 3.41. The van der Waals surface area contributed by atoms with Crippen molar-refractivity contribution >= 4 is 22.9 Å². The lowest BCUT2D eigenvalue weighted by atomic mass is 10.1. The van der Waals surface area contributed by atoms with E-state index in [-0.39, 0.29) is 0 Å². The Kier molecular flexibility index (Phi) is 3.73. The molecule has 0 saturated heterocycles. The summed E-state index contributed by atoms with van der Waals surface area (Å²) in [6.07, 6.45) is 4.06. The lowest BCUT2D eigenvalue weighted by Crippen LogP contribution is -2.18. The highest BCUT2D eigenvalue weighted by Gasteiger charge is 2.24. The molecule has 3 nitrogen and oxygen atoms in total. The number of aromatic nitrogens is 1. The molecule has 2 aromatic heterocycles. The number of fused-ring (bicyclic) bond motifs is 1. The molecule has 3 rings (SSSR count). The van der Waals surface area contributed by atoms with Crippen LogP contribution in [0.25, 0.3) is 0 Å². The van der Waals surface area contributed by atoms with E-state index >= 15 is 0 Å². The van der Waals surface area contributed by atoms with Gasteiger partial charge < -0.3 is 10.1 Å². The van der Waals surface area contributed by atoms with Crippen LogP contribution in [0.5, 0.6) is 5.88 Å². The minimum Gasteiger partial charge on any atom is -0.481 e. The van der Waals surface area contributed by atoms with E-state index < -0.39 is 0 Å². The highest BCUT2D eigenvalue weighted by Crippen LogP contribution is 2.39. The predicted molar refractivity (Wildman–Crippen MR) is 78.0 cm³/mol. The highest BCUT2D eigenvalue weighted by molar-refractivity contribution is 7.16. The van der Waals surface area contributed by atoms with Crippen LogP contribution in [0.3, 0.4) is 0 Å². The van der Waals surface area contributed by atoms with Gasteiger partial charge in [-0.05, 0) is 36.1 Å². The van der Waals surface area contributed by atoms with Gasteiger partial charge in [-0.2, -0.15) is 0 Å². The van der Waals surface area contributed by atoms with Crippen molar-refractivity contribution in [2.24, 2.45) is 0 Å². The summed E-state index contributed by atoms with van der Waals surface area (Å²) in [5.74, 6) is 0.657. The molecule has 1 N–H and O–H groups in total. The second kappa shape index (κ2) is 5.49. The van der Waals surface area contributed by atoms with Crippen LogP contribution in [-0.2, 0) is 13.0 Å². The first-order valence-corrected chi connectivity index (χ1v) is 7.46. The zero-order chi connectivity index (χ0) is 13.2. The molecule has 0 saturated carbocycles. The summed E-state index contributed by atoms with van der Waals surface area (Å²) in [5, 5.41) is 3.58. The van der Waals surface area contributed by atoms with Gasteiger partial charge in [-0.1, -0.05) is 11.6 Å². The molecule has 0 aliphatic heterocycles. The molecule has 2 aromatic rings. The monoisotopic (exact) mass is 294 g/mol. The number of methoxy groups -OCH3 is 1. The molecule has 1 atom stereocenters. The van der Waals surface area contributed by atoms with E-state index in [0.29, 0.717) is 11.9 Å².